The van der Waals surface area contributed by atoms with Gasteiger partial charge in [0, 0.05) is 6.54 Å². The molecule has 0 aromatic heterocycles. The van der Waals surface area contributed by atoms with Gasteiger partial charge in [-0.15, -0.1) is 0 Å². The molecule has 0 aliphatic carbocycles. The third-order valence-electron chi connectivity index (χ3n) is 3.96. The minimum Gasteiger partial charge on any atom is -0.455 e. The summed E-state index contributed by atoms with van der Waals surface area (Å²) in [6.07, 6.45) is 0.513. The second-order valence-electron chi connectivity index (χ2n) is 5.95. The van der Waals surface area contributed by atoms with Crippen LogP contribution in [0.25, 0.3) is 0 Å². The van der Waals surface area contributed by atoms with Crippen LogP contribution in [-0.2, 0) is 27.2 Å². The zero-order chi connectivity index (χ0) is 18.2. The summed E-state index contributed by atoms with van der Waals surface area (Å²) in [5.41, 5.74) is 3.66. The van der Waals surface area contributed by atoms with E-state index >= 15 is 0 Å². The minimum atomic E-state index is -0.451. The van der Waals surface area contributed by atoms with Crippen molar-refractivity contribution in [3.63, 3.8) is 0 Å². The van der Waals surface area contributed by atoms with Crippen molar-refractivity contribution in [1.82, 2.24) is 5.32 Å². The smallest absolute Gasteiger partial charge is 0.310 e. The predicted octanol–water partition coefficient (Wildman–Crippen LogP) is 2.89. The van der Waals surface area contributed by atoms with Crippen LogP contribution >= 0.6 is 0 Å². The van der Waals surface area contributed by atoms with Crippen LogP contribution in [0.1, 0.15) is 22.3 Å². The number of benzene rings is 2. The summed E-state index contributed by atoms with van der Waals surface area (Å²) >= 11 is 0. The molecule has 0 spiro atoms. The molecule has 1 amide bonds. The van der Waals surface area contributed by atoms with Crippen molar-refractivity contribution in [1.29, 1.82) is 0 Å². The Balaban J connectivity index is 1.69. The first kappa shape index (κ1) is 18.6. The highest BCUT2D eigenvalue weighted by Crippen LogP contribution is 2.10. The number of rotatable bonds is 7. The lowest BCUT2D eigenvalue weighted by Crippen LogP contribution is -2.30. The van der Waals surface area contributed by atoms with E-state index in [1.54, 1.807) is 18.2 Å². The second-order valence-corrected chi connectivity index (χ2v) is 5.95. The van der Waals surface area contributed by atoms with Crippen LogP contribution in [0.5, 0.6) is 0 Å². The number of halogens is 1. The Morgan fingerprint density at radius 1 is 1.08 bits per heavy atom. The molecule has 0 aliphatic heterocycles. The molecular weight excluding hydrogens is 321 g/mol. The molecule has 0 unspecified atom stereocenters. The highest BCUT2D eigenvalue weighted by atomic mass is 19.1. The van der Waals surface area contributed by atoms with E-state index in [2.05, 4.69) is 5.32 Å². The highest BCUT2D eigenvalue weighted by molar-refractivity contribution is 5.81. The van der Waals surface area contributed by atoms with Crippen LogP contribution < -0.4 is 5.32 Å². The first-order valence-electron chi connectivity index (χ1n) is 8.17. The summed E-state index contributed by atoms with van der Waals surface area (Å²) in [6, 6.07) is 12.2. The molecule has 2 rings (SSSR count). The van der Waals surface area contributed by atoms with Gasteiger partial charge in [0.05, 0.1) is 6.42 Å². The van der Waals surface area contributed by atoms with Gasteiger partial charge in [0.25, 0.3) is 5.91 Å². The molecule has 0 atom stereocenters. The summed E-state index contributed by atoms with van der Waals surface area (Å²) in [7, 11) is 0. The number of nitrogens with one attached hydrogen (secondary N) is 1. The number of hydrogen-bond acceptors (Lipinski definition) is 3. The molecule has 0 fully saturated rings. The van der Waals surface area contributed by atoms with Crippen LogP contribution in [-0.4, -0.2) is 25.0 Å². The topological polar surface area (TPSA) is 55.4 Å². The molecule has 0 radical (unpaired) electrons. The molecule has 2 aromatic rings. The summed E-state index contributed by atoms with van der Waals surface area (Å²) < 4.78 is 18.4. The van der Waals surface area contributed by atoms with Crippen molar-refractivity contribution >= 4 is 11.9 Å². The fourth-order valence-corrected chi connectivity index (χ4v) is 2.37. The Hall–Kier alpha value is -2.69. The number of carbonyl (C=O) groups excluding carboxylic acids is 2. The number of ether oxygens (including phenoxy) is 1. The first-order valence-corrected chi connectivity index (χ1v) is 8.17. The van der Waals surface area contributed by atoms with E-state index in [4.69, 9.17) is 4.74 Å². The molecular formula is C20H22FNO3. The SMILES string of the molecule is Cc1ccc(CC(=O)OCC(=O)NCCc2ccccc2F)cc1C. The largest absolute Gasteiger partial charge is 0.455 e. The quantitative estimate of drug-likeness (QED) is 0.787. The van der Waals surface area contributed by atoms with Crippen molar-refractivity contribution < 1.29 is 18.7 Å². The summed E-state index contributed by atoms with van der Waals surface area (Å²) in [5.74, 6) is -1.14. The molecule has 0 aliphatic rings. The summed E-state index contributed by atoms with van der Waals surface area (Å²) in [4.78, 5) is 23.5. The lowest BCUT2D eigenvalue weighted by molar-refractivity contribution is -0.147. The Bertz CT molecular complexity index is 758. The molecule has 2 aromatic carbocycles. The molecule has 0 heterocycles. The predicted molar refractivity (Wildman–Crippen MR) is 93.7 cm³/mol. The lowest BCUT2D eigenvalue weighted by atomic mass is 10.0. The van der Waals surface area contributed by atoms with Gasteiger partial charge >= 0.3 is 5.97 Å². The van der Waals surface area contributed by atoms with Crippen LogP contribution in [0.2, 0.25) is 0 Å². The van der Waals surface area contributed by atoms with Gasteiger partial charge in [0.1, 0.15) is 5.82 Å². The van der Waals surface area contributed by atoms with Crippen molar-refractivity contribution in [2.75, 3.05) is 13.2 Å². The van der Waals surface area contributed by atoms with Gasteiger partial charge in [-0.3, -0.25) is 9.59 Å². The van der Waals surface area contributed by atoms with Gasteiger partial charge in [-0.05, 0) is 48.6 Å². The van der Waals surface area contributed by atoms with Crippen LogP contribution in [0, 0.1) is 19.7 Å². The Morgan fingerprint density at radius 2 is 1.84 bits per heavy atom. The maximum absolute atomic E-state index is 13.4. The molecule has 132 valence electrons. The van der Waals surface area contributed by atoms with E-state index in [9.17, 15) is 14.0 Å². The van der Waals surface area contributed by atoms with Gasteiger partial charge in [-0.25, -0.2) is 4.39 Å². The Labute approximate surface area is 147 Å². The zero-order valence-corrected chi connectivity index (χ0v) is 14.5. The number of esters is 1. The molecule has 0 bridgehead atoms. The lowest BCUT2D eigenvalue weighted by Gasteiger charge is -2.08. The van der Waals surface area contributed by atoms with E-state index in [0.717, 1.165) is 16.7 Å². The van der Waals surface area contributed by atoms with Crippen LogP contribution in [0.15, 0.2) is 42.5 Å². The molecule has 4 nitrogen and oxygen atoms in total. The minimum absolute atomic E-state index is 0.129. The fraction of sp³-hybridized carbons (Fsp3) is 0.300. The van der Waals surface area contributed by atoms with Gasteiger partial charge in [0.15, 0.2) is 6.61 Å². The standard InChI is InChI=1S/C20H22FNO3/c1-14-7-8-16(11-15(14)2)12-20(24)25-13-19(23)22-10-9-17-5-3-4-6-18(17)21/h3-8,11H,9-10,12-13H2,1-2H3,(H,22,23). The van der Waals surface area contributed by atoms with Gasteiger partial charge in [-0.1, -0.05) is 36.4 Å². The average Bonchev–Trinajstić information content (AvgIpc) is 2.58. The normalized spacial score (nSPS) is 10.4. The van der Waals surface area contributed by atoms with Crippen molar-refractivity contribution in [2.45, 2.75) is 26.7 Å². The van der Waals surface area contributed by atoms with Crippen molar-refractivity contribution in [2.24, 2.45) is 0 Å². The van der Waals surface area contributed by atoms with Gasteiger partial charge < -0.3 is 10.1 Å². The van der Waals surface area contributed by atoms with E-state index in [-0.39, 0.29) is 25.4 Å². The second kappa shape index (κ2) is 8.97. The van der Waals surface area contributed by atoms with Crippen LogP contribution in [0.3, 0.4) is 0 Å². The fourth-order valence-electron chi connectivity index (χ4n) is 2.37. The third-order valence-corrected chi connectivity index (χ3v) is 3.96. The van der Waals surface area contributed by atoms with E-state index in [1.165, 1.54) is 6.07 Å². The summed E-state index contributed by atoms with van der Waals surface area (Å²) in [6.45, 7) is 3.94. The first-order chi connectivity index (χ1) is 12.0. The average molecular weight is 343 g/mol. The van der Waals surface area contributed by atoms with Gasteiger partial charge in [0.2, 0.25) is 0 Å². The van der Waals surface area contributed by atoms with E-state index in [0.29, 0.717) is 12.0 Å². The van der Waals surface area contributed by atoms with E-state index in [1.807, 2.05) is 32.0 Å². The molecule has 1 N–H and O–H groups in total. The Morgan fingerprint density at radius 3 is 2.56 bits per heavy atom. The number of carbonyl (C=O) groups is 2. The maximum Gasteiger partial charge on any atom is 0.310 e. The maximum atomic E-state index is 13.4. The Kier molecular flexibility index (Phi) is 6.69. The molecule has 25 heavy (non-hydrogen) atoms. The number of amides is 1. The summed E-state index contributed by atoms with van der Waals surface area (Å²) in [5, 5.41) is 2.61. The van der Waals surface area contributed by atoms with Crippen molar-refractivity contribution in [3.05, 3.63) is 70.5 Å². The molecule has 5 heteroatoms. The van der Waals surface area contributed by atoms with Crippen molar-refractivity contribution in [3.8, 4) is 0 Å². The monoisotopic (exact) mass is 343 g/mol. The highest BCUT2D eigenvalue weighted by Gasteiger charge is 2.09. The van der Waals surface area contributed by atoms with Crippen LogP contribution in [0.4, 0.5) is 4.39 Å². The third kappa shape index (κ3) is 6.03. The number of hydrogen-bond donors (Lipinski definition) is 1. The van der Waals surface area contributed by atoms with Gasteiger partial charge in [-0.2, -0.15) is 0 Å². The zero-order valence-electron chi connectivity index (χ0n) is 14.5. The number of aryl methyl sites for hydroxylation is 2. The van der Waals surface area contributed by atoms with E-state index < -0.39 is 11.9 Å². The molecule has 0 saturated carbocycles. The molecule has 0 saturated heterocycles.